The highest BCUT2D eigenvalue weighted by atomic mass is 19.1. The summed E-state index contributed by atoms with van der Waals surface area (Å²) in [6, 6.07) is 7.91. The highest BCUT2D eigenvalue weighted by Crippen LogP contribution is 2.12. The summed E-state index contributed by atoms with van der Waals surface area (Å²) in [6.45, 7) is 4.11. The third kappa shape index (κ3) is 2.67. The molecule has 2 heterocycles. The minimum atomic E-state index is -0.298. The van der Waals surface area contributed by atoms with Gasteiger partial charge in [-0.2, -0.15) is 5.10 Å². The zero-order valence-electron chi connectivity index (χ0n) is 12.3. The fourth-order valence-electron chi connectivity index (χ4n) is 2.31. The number of nitrogens with zero attached hydrogens (tertiary/aromatic N) is 3. The largest absolute Gasteiger partial charge is 0.348 e. The van der Waals surface area contributed by atoms with Crippen molar-refractivity contribution in [2.24, 2.45) is 0 Å². The fourth-order valence-corrected chi connectivity index (χ4v) is 2.31. The summed E-state index contributed by atoms with van der Waals surface area (Å²) in [4.78, 5) is 16.7. The van der Waals surface area contributed by atoms with Crippen molar-refractivity contribution in [2.45, 2.75) is 20.4 Å². The van der Waals surface area contributed by atoms with E-state index >= 15 is 0 Å². The first-order valence-electron chi connectivity index (χ1n) is 6.89. The Balaban J connectivity index is 1.82. The molecule has 1 N–H and O–H groups in total. The summed E-state index contributed by atoms with van der Waals surface area (Å²) in [5.74, 6) is -0.551. The monoisotopic (exact) mass is 298 g/mol. The molecule has 0 fully saturated rings. The number of carbonyl (C=O) groups is 1. The van der Waals surface area contributed by atoms with Gasteiger partial charge in [-0.15, -0.1) is 0 Å². The molecule has 5 nitrogen and oxygen atoms in total. The number of fused-ring (bicyclic) bond motifs is 1. The number of hydrogen-bond acceptors (Lipinski definition) is 3. The standard InChI is InChI=1S/C16H15FN4O/c1-10-7-11(2)21-15(20-10)14(9-19-21)16(22)18-8-12-3-5-13(17)6-4-12/h3-7,9H,8H2,1-2H3,(H,18,22). The van der Waals surface area contributed by atoms with Crippen LogP contribution in [-0.2, 0) is 6.54 Å². The zero-order chi connectivity index (χ0) is 15.7. The number of carbonyl (C=O) groups excluding carboxylic acids is 1. The van der Waals surface area contributed by atoms with E-state index in [2.05, 4.69) is 15.4 Å². The van der Waals surface area contributed by atoms with E-state index in [9.17, 15) is 9.18 Å². The van der Waals surface area contributed by atoms with Gasteiger partial charge in [0.15, 0.2) is 5.65 Å². The minimum Gasteiger partial charge on any atom is -0.348 e. The predicted octanol–water partition coefficient (Wildman–Crippen LogP) is 2.42. The minimum absolute atomic E-state index is 0.253. The van der Waals surface area contributed by atoms with Gasteiger partial charge in [-0.3, -0.25) is 4.79 Å². The number of halogens is 1. The zero-order valence-corrected chi connectivity index (χ0v) is 12.3. The van der Waals surface area contributed by atoms with E-state index in [-0.39, 0.29) is 11.7 Å². The van der Waals surface area contributed by atoms with Crippen LogP contribution in [0.15, 0.2) is 36.5 Å². The first kappa shape index (κ1) is 14.2. The van der Waals surface area contributed by atoms with Gasteiger partial charge in [-0.05, 0) is 37.6 Å². The first-order valence-corrected chi connectivity index (χ1v) is 6.89. The highest BCUT2D eigenvalue weighted by molar-refractivity contribution is 5.99. The smallest absolute Gasteiger partial charge is 0.257 e. The second-order valence-electron chi connectivity index (χ2n) is 5.14. The molecule has 0 spiro atoms. The Morgan fingerprint density at radius 1 is 1.27 bits per heavy atom. The topological polar surface area (TPSA) is 59.3 Å². The van der Waals surface area contributed by atoms with Gasteiger partial charge in [0.25, 0.3) is 5.91 Å². The Hall–Kier alpha value is -2.76. The van der Waals surface area contributed by atoms with Crippen LogP contribution in [0.5, 0.6) is 0 Å². The lowest BCUT2D eigenvalue weighted by atomic mass is 10.2. The quantitative estimate of drug-likeness (QED) is 0.808. The molecule has 112 valence electrons. The number of aromatic nitrogens is 3. The van der Waals surface area contributed by atoms with Crippen molar-refractivity contribution in [1.82, 2.24) is 19.9 Å². The number of benzene rings is 1. The normalized spacial score (nSPS) is 10.9. The van der Waals surface area contributed by atoms with Crippen LogP contribution in [0.3, 0.4) is 0 Å². The second-order valence-corrected chi connectivity index (χ2v) is 5.14. The molecule has 0 saturated heterocycles. The summed E-state index contributed by atoms with van der Waals surface area (Å²) >= 11 is 0. The van der Waals surface area contributed by atoms with E-state index in [1.165, 1.54) is 18.3 Å². The molecule has 0 unspecified atom stereocenters. The summed E-state index contributed by atoms with van der Waals surface area (Å²) in [6.07, 6.45) is 1.51. The summed E-state index contributed by atoms with van der Waals surface area (Å²) in [5, 5.41) is 6.99. The van der Waals surface area contributed by atoms with E-state index in [1.807, 2.05) is 19.9 Å². The van der Waals surface area contributed by atoms with Gasteiger partial charge in [0.1, 0.15) is 11.4 Å². The average Bonchev–Trinajstić information content (AvgIpc) is 2.90. The van der Waals surface area contributed by atoms with Crippen molar-refractivity contribution < 1.29 is 9.18 Å². The van der Waals surface area contributed by atoms with Crippen LogP contribution < -0.4 is 5.32 Å². The van der Waals surface area contributed by atoms with E-state index < -0.39 is 0 Å². The molecule has 0 atom stereocenters. The second kappa shape index (κ2) is 5.55. The molecule has 3 aromatic rings. The van der Waals surface area contributed by atoms with Crippen LogP contribution in [0.4, 0.5) is 4.39 Å². The van der Waals surface area contributed by atoms with Crippen molar-refractivity contribution in [3.8, 4) is 0 Å². The molecular weight excluding hydrogens is 283 g/mol. The van der Waals surface area contributed by atoms with Gasteiger partial charge in [-0.1, -0.05) is 12.1 Å². The Kier molecular flexibility index (Phi) is 3.58. The molecular formula is C16H15FN4O. The Morgan fingerprint density at radius 2 is 2.00 bits per heavy atom. The Bertz CT molecular complexity index is 839. The van der Waals surface area contributed by atoms with Crippen molar-refractivity contribution in [3.05, 3.63) is 64.9 Å². The lowest BCUT2D eigenvalue weighted by Gasteiger charge is -2.05. The van der Waals surface area contributed by atoms with Crippen LogP contribution in [-0.4, -0.2) is 20.5 Å². The summed E-state index contributed by atoms with van der Waals surface area (Å²) in [7, 11) is 0. The number of amides is 1. The Labute approximate surface area is 126 Å². The molecule has 22 heavy (non-hydrogen) atoms. The average molecular weight is 298 g/mol. The first-order chi connectivity index (χ1) is 10.5. The molecule has 3 rings (SSSR count). The maximum absolute atomic E-state index is 12.9. The van der Waals surface area contributed by atoms with Gasteiger partial charge in [0, 0.05) is 17.9 Å². The molecule has 0 saturated carbocycles. The molecule has 0 aliphatic carbocycles. The molecule has 0 aliphatic heterocycles. The van der Waals surface area contributed by atoms with Crippen molar-refractivity contribution in [2.75, 3.05) is 0 Å². The van der Waals surface area contributed by atoms with E-state index in [4.69, 9.17) is 0 Å². The summed E-state index contributed by atoms with van der Waals surface area (Å²) in [5.41, 5.74) is 3.53. The van der Waals surface area contributed by atoms with Crippen LogP contribution in [0.1, 0.15) is 27.3 Å². The summed E-state index contributed by atoms with van der Waals surface area (Å²) < 4.78 is 14.5. The van der Waals surface area contributed by atoms with Crippen molar-refractivity contribution in [3.63, 3.8) is 0 Å². The SMILES string of the molecule is Cc1cc(C)n2ncc(C(=O)NCc3ccc(F)cc3)c2n1. The highest BCUT2D eigenvalue weighted by Gasteiger charge is 2.15. The number of aryl methyl sites for hydroxylation is 2. The molecule has 2 aromatic heterocycles. The Morgan fingerprint density at radius 3 is 2.73 bits per heavy atom. The van der Waals surface area contributed by atoms with Crippen molar-refractivity contribution in [1.29, 1.82) is 0 Å². The van der Waals surface area contributed by atoms with Crippen LogP contribution in [0.2, 0.25) is 0 Å². The van der Waals surface area contributed by atoms with Crippen LogP contribution >= 0.6 is 0 Å². The molecule has 0 radical (unpaired) electrons. The predicted molar refractivity (Wildman–Crippen MR) is 80.0 cm³/mol. The number of hydrogen-bond donors (Lipinski definition) is 1. The van der Waals surface area contributed by atoms with Crippen LogP contribution in [0, 0.1) is 19.7 Å². The number of nitrogens with one attached hydrogen (secondary N) is 1. The van der Waals surface area contributed by atoms with E-state index in [0.717, 1.165) is 17.0 Å². The van der Waals surface area contributed by atoms with Gasteiger partial charge in [0.2, 0.25) is 0 Å². The molecule has 0 bridgehead atoms. The van der Waals surface area contributed by atoms with Gasteiger partial charge < -0.3 is 5.32 Å². The maximum atomic E-state index is 12.9. The lowest BCUT2D eigenvalue weighted by Crippen LogP contribution is -2.22. The molecule has 0 aliphatic rings. The molecule has 1 amide bonds. The van der Waals surface area contributed by atoms with Gasteiger partial charge >= 0.3 is 0 Å². The lowest BCUT2D eigenvalue weighted by molar-refractivity contribution is 0.0952. The third-order valence-electron chi connectivity index (χ3n) is 3.39. The van der Waals surface area contributed by atoms with E-state index in [1.54, 1.807) is 16.6 Å². The van der Waals surface area contributed by atoms with Gasteiger partial charge in [-0.25, -0.2) is 13.9 Å². The number of rotatable bonds is 3. The van der Waals surface area contributed by atoms with Gasteiger partial charge in [0.05, 0.1) is 6.20 Å². The van der Waals surface area contributed by atoms with E-state index in [0.29, 0.717) is 17.8 Å². The van der Waals surface area contributed by atoms with Crippen LogP contribution in [0.25, 0.3) is 5.65 Å². The molecule has 1 aromatic carbocycles. The maximum Gasteiger partial charge on any atom is 0.257 e. The fraction of sp³-hybridized carbons (Fsp3) is 0.188. The third-order valence-corrected chi connectivity index (χ3v) is 3.39. The van der Waals surface area contributed by atoms with Crippen molar-refractivity contribution >= 4 is 11.6 Å². The molecule has 6 heteroatoms.